The van der Waals surface area contributed by atoms with Crippen molar-refractivity contribution in [3.05, 3.63) is 0 Å². The van der Waals surface area contributed by atoms with Gasteiger partial charge in [0.05, 0.1) is 11.2 Å². The molecule has 0 heterocycles. The normalized spacial score (nSPS) is 46.8. The first kappa shape index (κ1) is 11.0. The molecule has 0 saturated heterocycles. The van der Waals surface area contributed by atoms with Gasteiger partial charge in [0.1, 0.15) is 0 Å². The number of rotatable bonds is 1. The van der Waals surface area contributed by atoms with Crippen molar-refractivity contribution in [1.82, 2.24) is 0 Å². The lowest BCUT2D eigenvalue weighted by molar-refractivity contribution is -0.192. The monoisotopic (exact) mass is 186 g/mol. The van der Waals surface area contributed by atoms with E-state index in [4.69, 9.17) is 0 Å². The van der Waals surface area contributed by atoms with E-state index in [1.54, 1.807) is 13.8 Å². The van der Waals surface area contributed by atoms with Crippen molar-refractivity contribution in [1.29, 1.82) is 0 Å². The van der Waals surface area contributed by atoms with Gasteiger partial charge in [-0.05, 0) is 38.5 Å². The van der Waals surface area contributed by atoms with Crippen LogP contribution in [0.1, 0.15) is 47.0 Å². The van der Waals surface area contributed by atoms with Gasteiger partial charge in [0.2, 0.25) is 0 Å². The Bertz CT molecular complexity index is 183. The van der Waals surface area contributed by atoms with Crippen LogP contribution >= 0.6 is 0 Å². The molecule has 3 unspecified atom stereocenters. The highest BCUT2D eigenvalue weighted by Crippen LogP contribution is 2.44. The molecule has 2 N–H and O–H groups in total. The van der Waals surface area contributed by atoms with Crippen LogP contribution in [0.3, 0.4) is 0 Å². The van der Waals surface area contributed by atoms with Gasteiger partial charge in [-0.3, -0.25) is 0 Å². The minimum Gasteiger partial charge on any atom is -0.387 e. The Balaban J connectivity index is 2.88. The summed E-state index contributed by atoms with van der Waals surface area (Å²) < 4.78 is 0. The molecule has 0 aromatic heterocycles. The van der Waals surface area contributed by atoms with Crippen LogP contribution < -0.4 is 0 Å². The lowest BCUT2D eigenvalue weighted by Crippen LogP contribution is -2.58. The fourth-order valence-corrected chi connectivity index (χ4v) is 2.58. The van der Waals surface area contributed by atoms with E-state index in [1.165, 1.54) is 0 Å². The molecular weight excluding hydrogens is 164 g/mol. The summed E-state index contributed by atoms with van der Waals surface area (Å²) in [6, 6.07) is 0. The van der Waals surface area contributed by atoms with Gasteiger partial charge in [-0.25, -0.2) is 0 Å². The van der Waals surface area contributed by atoms with Crippen LogP contribution in [0, 0.1) is 11.8 Å². The van der Waals surface area contributed by atoms with E-state index in [-0.39, 0.29) is 5.92 Å². The summed E-state index contributed by atoms with van der Waals surface area (Å²) in [6.07, 6.45) is 2.76. The van der Waals surface area contributed by atoms with E-state index < -0.39 is 11.2 Å². The second kappa shape index (κ2) is 3.25. The third-order valence-electron chi connectivity index (χ3n) is 3.80. The summed E-state index contributed by atoms with van der Waals surface area (Å²) in [5, 5.41) is 20.4. The summed E-state index contributed by atoms with van der Waals surface area (Å²) >= 11 is 0. The fourth-order valence-electron chi connectivity index (χ4n) is 2.58. The second-order valence-electron chi connectivity index (χ2n) is 5.16. The van der Waals surface area contributed by atoms with E-state index in [9.17, 15) is 10.2 Å². The predicted molar refractivity (Wildman–Crippen MR) is 53.4 cm³/mol. The van der Waals surface area contributed by atoms with Crippen LogP contribution in [0.25, 0.3) is 0 Å². The SMILES string of the molecule is CC(C)C1CCCC(C)(O)C1(C)O. The van der Waals surface area contributed by atoms with Crippen molar-refractivity contribution < 1.29 is 10.2 Å². The zero-order valence-corrected chi connectivity index (χ0v) is 9.17. The Morgan fingerprint density at radius 1 is 1.23 bits per heavy atom. The van der Waals surface area contributed by atoms with Crippen LogP contribution in [0.5, 0.6) is 0 Å². The first-order valence-electron chi connectivity index (χ1n) is 5.24. The summed E-state index contributed by atoms with van der Waals surface area (Å²) in [5.41, 5.74) is -1.85. The van der Waals surface area contributed by atoms with Crippen LogP contribution in [-0.2, 0) is 0 Å². The molecule has 0 radical (unpaired) electrons. The average Bonchev–Trinajstić information content (AvgIpc) is 1.94. The fraction of sp³-hybridized carbons (Fsp3) is 1.00. The Kier molecular flexibility index (Phi) is 2.75. The molecule has 1 fully saturated rings. The Morgan fingerprint density at radius 3 is 2.15 bits per heavy atom. The van der Waals surface area contributed by atoms with Crippen molar-refractivity contribution in [3.63, 3.8) is 0 Å². The van der Waals surface area contributed by atoms with Crippen molar-refractivity contribution in [3.8, 4) is 0 Å². The molecule has 2 nitrogen and oxygen atoms in total. The average molecular weight is 186 g/mol. The predicted octanol–water partition coefficient (Wildman–Crippen LogP) is 1.94. The van der Waals surface area contributed by atoms with E-state index >= 15 is 0 Å². The maximum absolute atomic E-state index is 10.3. The minimum atomic E-state index is -0.931. The highest BCUT2D eigenvalue weighted by atomic mass is 16.4. The maximum atomic E-state index is 10.3. The van der Waals surface area contributed by atoms with Gasteiger partial charge >= 0.3 is 0 Å². The largest absolute Gasteiger partial charge is 0.387 e. The molecule has 0 amide bonds. The van der Waals surface area contributed by atoms with Crippen molar-refractivity contribution >= 4 is 0 Å². The van der Waals surface area contributed by atoms with Gasteiger partial charge in [-0.15, -0.1) is 0 Å². The number of aliphatic hydroxyl groups is 2. The molecule has 13 heavy (non-hydrogen) atoms. The molecule has 3 atom stereocenters. The lowest BCUT2D eigenvalue weighted by atomic mass is 9.63. The van der Waals surface area contributed by atoms with Crippen molar-refractivity contribution in [2.24, 2.45) is 11.8 Å². The molecule has 0 spiro atoms. The summed E-state index contributed by atoms with van der Waals surface area (Å²) in [6.45, 7) is 7.75. The smallest absolute Gasteiger partial charge is 0.0933 e. The summed E-state index contributed by atoms with van der Waals surface area (Å²) in [4.78, 5) is 0. The lowest BCUT2D eigenvalue weighted by Gasteiger charge is -2.49. The minimum absolute atomic E-state index is 0.219. The molecule has 1 saturated carbocycles. The third kappa shape index (κ3) is 1.75. The van der Waals surface area contributed by atoms with Gasteiger partial charge in [0.15, 0.2) is 0 Å². The van der Waals surface area contributed by atoms with Crippen LogP contribution in [0.2, 0.25) is 0 Å². The molecule has 1 aliphatic carbocycles. The molecule has 1 aliphatic rings. The number of hydrogen-bond acceptors (Lipinski definition) is 2. The van der Waals surface area contributed by atoms with Crippen LogP contribution in [0.15, 0.2) is 0 Å². The Hall–Kier alpha value is -0.0800. The van der Waals surface area contributed by atoms with E-state index in [0.29, 0.717) is 12.3 Å². The maximum Gasteiger partial charge on any atom is 0.0933 e. The van der Waals surface area contributed by atoms with Gasteiger partial charge < -0.3 is 10.2 Å². The quantitative estimate of drug-likeness (QED) is 0.657. The zero-order valence-electron chi connectivity index (χ0n) is 9.17. The standard InChI is InChI=1S/C11H22O2/c1-8(2)9-6-5-7-10(3,12)11(9,4)13/h8-9,12-13H,5-7H2,1-4H3. The summed E-state index contributed by atoms with van der Waals surface area (Å²) in [7, 11) is 0. The molecule has 1 rings (SSSR count). The highest BCUT2D eigenvalue weighted by molar-refractivity contribution is 5.02. The van der Waals surface area contributed by atoms with Gasteiger partial charge in [-0.2, -0.15) is 0 Å². The second-order valence-corrected chi connectivity index (χ2v) is 5.16. The Labute approximate surface area is 81.0 Å². The molecule has 0 aromatic carbocycles. The van der Waals surface area contributed by atoms with E-state index in [1.807, 2.05) is 0 Å². The van der Waals surface area contributed by atoms with Gasteiger partial charge in [0.25, 0.3) is 0 Å². The first-order chi connectivity index (χ1) is 5.79. The molecular formula is C11H22O2. The zero-order chi connectivity index (χ0) is 10.3. The van der Waals surface area contributed by atoms with Crippen LogP contribution in [0.4, 0.5) is 0 Å². The molecule has 2 heteroatoms. The summed E-state index contributed by atoms with van der Waals surface area (Å²) in [5.74, 6) is 0.651. The van der Waals surface area contributed by atoms with Crippen LogP contribution in [-0.4, -0.2) is 21.4 Å². The third-order valence-corrected chi connectivity index (χ3v) is 3.80. The highest BCUT2D eigenvalue weighted by Gasteiger charge is 2.50. The molecule has 78 valence electrons. The molecule has 0 bridgehead atoms. The first-order valence-corrected chi connectivity index (χ1v) is 5.24. The van der Waals surface area contributed by atoms with Gasteiger partial charge in [-0.1, -0.05) is 20.3 Å². The molecule has 0 aliphatic heterocycles. The Morgan fingerprint density at radius 2 is 1.77 bits per heavy atom. The number of hydrogen-bond donors (Lipinski definition) is 2. The van der Waals surface area contributed by atoms with E-state index in [2.05, 4.69) is 13.8 Å². The van der Waals surface area contributed by atoms with E-state index in [0.717, 1.165) is 12.8 Å². The van der Waals surface area contributed by atoms with Crippen molar-refractivity contribution in [2.45, 2.75) is 58.2 Å². The van der Waals surface area contributed by atoms with Gasteiger partial charge in [0, 0.05) is 0 Å². The van der Waals surface area contributed by atoms with Crippen molar-refractivity contribution in [2.75, 3.05) is 0 Å². The molecule has 0 aromatic rings. The topological polar surface area (TPSA) is 40.5 Å².